The highest BCUT2D eigenvalue weighted by atomic mass is 16.6. The van der Waals surface area contributed by atoms with Gasteiger partial charge in [0.2, 0.25) is 0 Å². The maximum atomic E-state index is 10.9. The minimum absolute atomic E-state index is 0.0799. The Kier molecular flexibility index (Phi) is 4.96. The Morgan fingerprint density at radius 3 is 2.00 bits per heavy atom. The summed E-state index contributed by atoms with van der Waals surface area (Å²) in [7, 11) is 0. The molecule has 0 bridgehead atoms. The number of ether oxygens (including phenoxy) is 1. The molecule has 136 valence electrons. The topological polar surface area (TPSA) is 64.4 Å². The fraction of sp³-hybridized carbons (Fsp3) is 0.182. The summed E-state index contributed by atoms with van der Waals surface area (Å²) in [6, 6.07) is 27.3. The standard InChI is InChI=1S/C22H20N2O3/c25-24(26)19-13-11-18(12-14-19)22-23-21(17-9-5-2-6-10-17)20(15-27-22)16-7-3-1-4-8-16/h1-14,20-23H,15H2/t20-,21+,22?/m1/s1. The molecule has 1 aliphatic heterocycles. The van der Waals surface area contributed by atoms with Crippen LogP contribution in [0.3, 0.4) is 0 Å². The molecule has 4 rings (SSSR count). The van der Waals surface area contributed by atoms with Crippen molar-refractivity contribution in [3.8, 4) is 0 Å². The molecule has 3 aromatic rings. The molecule has 1 unspecified atom stereocenters. The molecule has 0 radical (unpaired) electrons. The zero-order valence-corrected chi connectivity index (χ0v) is 14.7. The van der Waals surface area contributed by atoms with Crippen molar-refractivity contribution in [2.24, 2.45) is 0 Å². The third-order valence-electron chi connectivity index (χ3n) is 4.97. The molecule has 0 amide bonds. The minimum atomic E-state index is -0.392. The predicted octanol–water partition coefficient (Wildman–Crippen LogP) is 4.74. The average molecular weight is 360 g/mol. The lowest BCUT2D eigenvalue weighted by Gasteiger charge is -2.38. The quantitative estimate of drug-likeness (QED) is 0.539. The van der Waals surface area contributed by atoms with Crippen LogP contribution in [0.15, 0.2) is 84.9 Å². The van der Waals surface area contributed by atoms with Gasteiger partial charge in [-0.1, -0.05) is 60.7 Å². The van der Waals surface area contributed by atoms with E-state index in [0.717, 1.165) is 5.56 Å². The van der Waals surface area contributed by atoms with Gasteiger partial charge in [0.15, 0.2) is 0 Å². The lowest BCUT2D eigenvalue weighted by atomic mass is 9.86. The smallest absolute Gasteiger partial charge is 0.269 e. The number of nitrogens with one attached hydrogen (secondary N) is 1. The number of hydrogen-bond donors (Lipinski definition) is 1. The normalized spacial score (nSPS) is 22.3. The summed E-state index contributed by atoms with van der Waals surface area (Å²) in [5.41, 5.74) is 3.38. The zero-order chi connectivity index (χ0) is 18.6. The van der Waals surface area contributed by atoms with Gasteiger partial charge in [-0.3, -0.25) is 15.4 Å². The Balaban J connectivity index is 1.63. The first-order valence-corrected chi connectivity index (χ1v) is 8.94. The van der Waals surface area contributed by atoms with E-state index in [1.807, 2.05) is 36.4 Å². The first-order valence-electron chi connectivity index (χ1n) is 8.94. The van der Waals surface area contributed by atoms with Gasteiger partial charge in [0.1, 0.15) is 6.23 Å². The van der Waals surface area contributed by atoms with Gasteiger partial charge in [-0.05, 0) is 28.8 Å². The monoisotopic (exact) mass is 360 g/mol. The fourth-order valence-corrected chi connectivity index (χ4v) is 3.56. The van der Waals surface area contributed by atoms with Crippen molar-refractivity contribution in [1.82, 2.24) is 5.32 Å². The molecule has 3 atom stereocenters. The molecule has 27 heavy (non-hydrogen) atoms. The number of hydrogen-bond acceptors (Lipinski definition) is 4. The van der Waals surface area contributed by atoms with Gasteiger partial charge < -0.3 is 4.74 Å². The van der Waals surface area contributed by atoms with Crippen LogP contribution in [0, 0.1) is 10.1 Å². The van der Waals surface area contributed by atoms with Gasteiger partial charge >= 0.3 is 0 Å². The maximum Gasteiger partial charge on any atom is 0.269 e. The maximum absolute atomic E-state index is 10.9. The minimum Gasteiger partial charge on any atom is -0.358 e. The van der Waals surface area contributed by atoms with Crippen LogP contribution >= 0.6 is 0 Å². The molecule has 5 heteroatoms. The van der Waals surface area contributed by atoms with Crippen LogP contribution in [0.1, 0.15) is 34.9 Å². The van der Waals surface area contributed by atoms with Crippen molar-refractivity contribution in [2.45, 2.75) is 18.2 Å². The number of non-ortho nitro benzene ring substituents is 1. The summed E-state index contributed by atoms with van der Waals surface area (Å²) in [6.07, 6.45) is -0.309. The fourth-order valence-electron chi connectivity index (χ4n) is 3.56. The molecular formula is C22H20N2O3. The number of nitro groups is 1. The van der Waals surface area contributed by atoms with Crippen LogP contribution in [0.5, 0.6) is 0 Å². The molecule has 0 aliphatic carbocycles. The molecule has 1 heterocycles. The highest BCUT2D eigenvalue weighted by Gasteiger charge is 2.33. The van der Waals surface area contributed by atoms with Gasteiger partial charge in [0.25, 0.3) is 5.69 Å². The highest BCUT2D eigenvalue weighted by Crippen LogP contribution is 2.38. The van der Waals surface area contributed by atoms with Crippen LogP contribution in [-0.4, -0.2) is 11.5 Å². The van der Waals surface area contributed by atoms with E-state index in [9.17, 15) is 10.1 Å². The molecule has 1 aliphatic rings. The first-order chi connectivity index (χ1) is 13.2. The summed E-state index contributed by atoms with van der Waals surface area (Å²) < 4.78 is 6.10. The van der Waals surface area contributed by atoms with Crippen molar-refractivity contribution in [3.05, 3.63) is 112 Å². The van der Waals surface area contributed by atoms with E-state index in [1.165, 1.54) is 23.3 Å². The van der Waals surface area contributed by atoms with Gasteiger partial charge in [-0.25, -0.2) is 0 Å². The molecule has 1 fully saturated rings. The summed E-state index contributed by atoms with van der Waals surface area (Å²) >= 11 is 0. The second kappa shape index (κ2) is 7.70. The van der Waals surface area contributed by atoms with Crippen molar-refractivity contribution in [2.75, 3.05) is 6.61 Å². The third kappa shape index (κ3) is 3.74. The number of rotatable bonds is 4. The lowest BCUT2D eigenvalue weighted by Crippen LogP contribution is -2.39. The van der Waals surface area contributed by atoms with Gasteiger partial charge in [0, 0.05) is 24.1 Å². The van der Waals surface area contributed by atoms with Crippen LogP contribution in [-0.2, 0) is 4.74 Å². The largest absolute Gasteiger partial charge is 0.358 e. The Hall–Kier alpha value is -3.02. The number of benzene rings is 3. The summed E-state index contributed by atoms with van der Waals surface area (Å²) in [4.78, 5) is 10.5. The van der Waals surface area contributed by atoms with E-state index in [4.69, 9.17) is 4.74 Å². The van der Waals surface area contributed by atoms with Crippen molar-refractivity contribution < 1.29 is 9.66 Å². The Morgan fingerprint density at radius 1 is 0.815 bits per heavy atom. The predicted molar refractivity (Wildman–Crippen MR) is 103 cm³/mol. The van der Waals surface area contributed by atoms with E-state index in [-0.39, 0.29) is 23.9 Å². The van der Waals surface area contributed by atoms with E-state index >= 15 is 0 Å². The van der Waals surface area contributed by atoms with Crippen LogP contribution < -0.4 is 5.32 Å². The summed E-state index contributed by atoms with van der Waals surface area (Å²) in [5.74, 6) is 0.183. The second-order valence-electron chi connectivity index (χ2n) is 6.63. The summed E-state index contributed by atoms with van der Waals surface area (Å²) in [5, 5.41) is 14.5. The van der Waals surface area contributed by atoms with Crippen LogP contribution in [0.25, 0.3) is 0 Å². The molecule has 5 nitrogen and oxygen atoms in total. The van der Waals surface area contributed by atoms with E-state index in [2.05, 4.69) is 29.6 Å². The van der Waals surface area contributed by atoms with Crippen LogP contribution in [0.2, 0.25) is 0 Å². The molecule has 1 N–H and O–H groups in total. The molecule has 0 saturated carbocycles. The van der Waals surface area contributed by atoms with Gasteiger partial charge in [-0.2, -0.15) is 0 Å². The van der Waals surface area contributed by atoms with Crippen molar-refractivity contribution >= 4 is 5.69 Å². The SMILES string of the molecule is O=[N+]([O-])c1ccc(C2N[C@@H](c3ccccc3)[C@@H](c3ccccc3)CO2)cc1. The average Bonchev–Trinajstić information content (AvgIpc) is 2.74. The Bertz CT molecular complexity index is 898. The van der Waals surface area contributed by atoms with Crippen molar-refractivity contribution in [3.63, 3.8) is 0 Å². The summed E-state index contributed by atoms with van der Waals surface area (Å²) in [6.45, 7) is 0.568. The number of nitro benzene ring substituents is 1. The molecule has 0 aromatic heterocycles. The molecule has 3 aromatic carbocycles. The zero-order valence-electron chi connectivity index (χ0n) is 14.7. The van der Waals surface area contributed by atoms with Crippen LogP contribution in [0.4, 0.5) is 5.69 Å². The Labute approximate surface area is 157 Å². The van der Waals surface area contributed by atoms with E-state index in [0.29, 0.717) is 6.61 Å². The van der Waals surface area contributed by atoms with Gasteiger partial charge in [0.05, 0.1) is 11.5 Å². The number of nitrogens with zero attached hydrogens (tertiary/aromatic N) is 1. The van der Waals surface area contributed by atoms with E-state index in [1.54, 1.807) is 12.1 Å². The molecule has 1 saturated heterocycles. The highest BCUT2D eigenvalue weighted by molar-refractivity contribution is 5.35. The van der Waals surface area contributed by atoms with E-state index < -0.39 is 4.92 Å². The lowest BCUT2D eigenvalue weighted by molar-refractivity contribution is -0.384. The molecular weight excluding hydrogens is 340 g/mol. The second-order valence-corrected chi connectivity index (χ2v) is 6.63. The van der Waals surface area contributed by atoms with Crippen molar-refractivity contribution in [1.29, 1.82) is 0 Å². The first kappa shape index (κ1) is 17.4. The van der Waals surface area contributed by atoms with Gasteiger partial charge in [-0.15, -0.1) is 0 Å². The third-order valence-corrected chi connectivity index (χ3v) is 4.97. The molecule has 0 spiro atoms. The Morgan fingerprint density at radius 2 is 1.41 bits per heavy atom.